The molecule has 1 atom stereocenters. The number of aromatic amines is 2. The van der Waals surface area contributed by atoms with Crippen molar-refractivity contribution in [2.45, 2.75) is 17.0 Å². The molecular weight excluding hydrogens is 314 g/mol. The van der Waals surface area contributed by atoms with E-state index in [1.165, 1.54) is 5.56 Å². The second kappa shape index (κ2) is 7.03. The predicted octanol–water partition coefficient (Wildman–Crippen LogP) is -0.0429. The van der Waals surface area contributed by atoms with Crippen LogP contribution < -0.4 is 15.6 Å². The number of aromatic nitrogens is 2. The second-order valence-corrected chi connectivity index (χ2v) is 6.31. The molecule has 0 radical (unpaired) electrons. The van der Waals surface area contributed by atoms with Gasteiger partial charge in [0.2, 0.25) is 5.69 Å². The number of aliphatic hydroxyl groups is 2. The summed E-state index contributed by atoms with van der Waals surface area (Å²) in [7, 11) is 0. The molecule has 0 spiro atoms. The van der Waals surface area contributed by atoms with E-state index in [4.69, 9.17) is 10.8 Å². The highest BCUT2D eigenvalue weighted by Gasteiger charge is 2.30. The van der Waals surface area contributed by atoms with Gasteiger partial charge >= 0.3 is 0 Å². The molecule has 1 unspecified atom stereocenters. The van der Waals surface area contributed by atoms with Gasteiger partial charge in [0.25, 0.3) is 11.0 Å². The molecule has 23 heavy (non-hydrogen) atoms. The number of nitrogens with zero attached hydrogens (tertiary/aromatic N) is 2. The number of amidine groups is 1. The van der Waals surface area contributed by atoms with Gasteiger partial charge in [0.05, 0.1) is 13.2 Å². The lowest BCUT2D eigenvalue weighted by molar-refractivity contribution is -0.412. The lowest BCUT2D eigenvalue weighted by Gasteiger charge is -2.21. The molecular formula is C15H20N5O2S+. The van der Waals surface area contributed by atoms with Crippen LogP contribution >= 0.6 is 11.8 Å². The zero-order valence-corrected chi connectivity index (χ0v) is 13.4. The van der Waals surface area contributed by atoms with Crippen molar-refractivity contribution in [1.82, 2.24) is 4.98 Å². The second-order valence-electron chi connectivity index (χ2n) is 5.32. The Morgan fingerprint density at radius 3 is 2.91 bits per heavy atom. The van der Waals surface area contributed by atoms with Crippen LogP contribution in [0, 0.1) is 0 Å². The average Bonchev–Trinajstić information content (AvgIpc) is 3.02. The lowest BCUT2D eigenvalue weighted by atomic mass is 10.2. The molecule has 7 nitrogen and oxygen atoms in total. The summed E-state index contributed by atoms with van der Waals surface area (Å²) in [6, 6.07) is 10.2. The first-order valence-corrected chi connectivity index (χ1v) is 8.32. The molecule has 0 aliphatic carbocycles. The fourth-order valence-electron chi connectivity index (χ4n) is 2.37. The normalized spacial score (nSPS) is 15.2. The Labute approximate surface area is 138 Å². The Morgan fingerprint density at radius 2 is 2.17 bits per heavy atom. The summed E-state index contributed by atoms with van der Waals surface area (Å²) >= 11 is 1.64. The molecule has 0 amide bonds. The summed E-state index contributed by atoms with van der Waals surface area (Å²) in [5, 5.41) is 19.6. The number of H-pyrrole nitrogens is 2. The summed E-state index contributed by atoms with van der Waals surface area (Å²) in [6.07, 6.45) is -0.818. The van der Waals surface area contributed by atoms with E-state index in [1.807, 2.05) is 23.1 Å². The molecule has 8 heteroatoms. The van der Waals surface area contributed by atoms with Crippen LogP contribution in [0.25, 0.3) is 0 Å². The van der Waals surface area contributed by atoms with Crippen LogP contribution in [0.5, 0.6) is 0 Å². The van der Waals surface area contributed by atoms with Crippen LogP contribution in [0.1, 0.15) is 11.3 Å². The first-order valence-electron chi connectivity index (χ1n) is 7.33. The minimum absolute atomic E-state index is 0.287. The largest absolute Gasteiger partial charge is 0.394 e. The Kier molecular flexibility index (Phi) is 4.85. The van der Waals surface area contributed by atoms with E-state index >= 15 is 0 Å². The summed E-state index contributed by atoms with van der Waals surface area (Å²) in [6.45, 7) is 0.357. The van der Waals surface area contributed by atoms with E-state index in [0.717, 1.165) is 22.4 Å². The maximum absolute atomic E-state index is 9.66. The number of fused-ring (bicyclic) bond motifs is 1. The van der Waals surface area contributed by atoms with Gasteiger partial charge in [-0.2, -0.15) is 0 Å². The van der Waals surface area contributed by atoms with E-state index in [2.05, 4.69) is 27.1 Å². The molecule has 0 bridgehead atoms. The maximum Gasteiger partial charge on any atom is 0.267 e. The quantitative estimate of drug-likeness (QED) is 0.554. The summed E-state index contributed by atoms with van der Waals surface area (Å²) in [5.74, 6) is 2.06. The number of thioether (sulfide) groups is 1. The maximum atomic E-state index is 9.66. The number of benzene rings is 1. The van der Waals surface area contributed by atoms with Crippen molar-refractivity contribution in [3.63, 3.8) is 0 Å². The van der Waals surface area contributed by atoms with Crippen molar-refractivity contribution in [3.05, 3.63) is 41.6 Å². The minimum atomic E-state index is -0.818. The molecule has 1 aromatic heterocycles. The topological polar surface area (TPSA) is 112 Å². The molecule has 0 saturated carbocycles. The van der Waals surface area contributed by atoms with E-state index in [0.29, 0.717) is 12.5 Å². The molecule has 0 fully saturated rings. The van der Waals surface area contributed by atoms with E-state index in [-0.39, 0.29) is 13.2 Å². The minimum Gasteiger partial charge on any atom is -0.394 e. The third-order valence-corrected chi connectivity index (χ3v) is 4.53. The van der Waals surface area contributed by atoms with Crippen LogP contribution in [-0.4, -0.2) is 47.0 Å². The SMILES string of the molecule is NC1=NCN(CC(O)CO)c2[nH+]c(SCc3ccccc3)[nH]c21. The first kappa shape index (κ1) is 15.9. The Morgan fingerprint density at radius 1 is 1.39 bits per heavy atom. The number of anilines is 1. The van der Waals surface area contributed by atoms with Gasteiger partial charge < -0.3 is 15.9 Å². The highest BCUT2D eigenvalue weighted by Crippen LogP contribution is 2.24. The Hall–Kier alpha value is -2.03. The monoisotopic (exact) mass is 334 g/mol. The van der Waals surface area contributed by atoms with E-state index in [1.54, 1.807) is 11.8 Å². The number of aliphatic hydroxyl groups excluding tert-OH is 2. The summed E-state index contributed by atoms with van der Waals surface area (Å²) in [4.78, 5) is 12.6. The van der Waals surface area contributed by atoms with Crippen LogP contribution in [0.15, 0.2) is 40.5 Å². The van der Waals surface area contributed by atoms with Crippen molar-refractivity contribution in [2.24, 2.45) is 10.7 Å². The lowest BCUT2D eigenvalue weighted by Crippen LogP contribution is -2.41. The van der Waals surface area contributed by atoms with Crippen molar-refractivity contribution in [2.75, 3.05) is 24.7 Å². The van der Waals surface area contributed by atoms with Gasteiger partial charge in [0.1, 0.15) is 6.10 Å². The van der Waals surface area contributed by atoms with Crippen LogP contribution in [0.4, 0.5) is 5.82 Å². The van der Waals surface area contributed by atoms with Crippen LogP contribution in [0.2, 0.25) is 0 Å². The fourth-order valence-corrected chi connectivity index (χ4v) is 3.22. The zero-order valence-electron chi connectivity index (χ0n) is 12.6. The molecule has 2 heterocycles. The average molecular weight is 334 g/mol. The standard InChI is InChI=1S/C15H19N5O2S/c16-13-12-14(20(9-17-13)6-11(22)7-21)19-15(18-12)23-8-10-4-2-1-3-5-10/h1-5,11,21-22H,6-9H2,(H2,16,17)(H,18,19)/p+1. The van der Waals surface area contributed by atoms with E-state index < -0.39 is 6.10 Å². The van der Waals surface area contributed by atoms with Crippen molar-refractivity contribution < 1.29 is 15.2 Å². The van der Waals surface area contributed by atoms with Gasteiger partial charge in [0.15, 0.2) is 12.5 Å². The zero-order chi connectivity index (χ0) is 16.2. The van der Waals surface area contributed by atoms with Gasteiger partial charge in [-0.1, -0.05) is 42.1 Å². The molecule has 0 saturated heterocycles. The highest BCUT2D eigenvalue weighted by atomic mass is 32.2. The Balaban J connectivity index is 1.75. The number of hydrogen-bond donors (Lipinski definition) is 4. The van der Waals surface area contributed by atoms with Crippen molar-refractivity contribution >= 4 is 23.4 Å². The van der Waals surface area contributed by atoms with Gasteiger partial charge in [-0.3, -0.25) is 9.88 Å². The molecule has 122 valence electrons. The fraction of sp³-hybridized carbons (Fsp3) is 0.333. The highest BCUT2D eigenvalue weighted by molar-refractivity contribution is 7.98. The Bertz CT molecular complexity index is 688. The molecule has 1 aliphatic rings. The smallest absolute Gasteiger partial charge is 0.267 e. The molecule has 3 rings (SSSR count). The predicted molar refractivity (Wildman–Crippen MR) is 89.4 cm³/mol. The first-order chi connectivity index (χ1) is 11.2. The molecule has 1 aromatic carbocycles. The van der Waals surface area contributed by atoms with Crippen LogP contribution in [0.3, 0.4) is 0 Å². The third-order valence-electron chi connectivity index (χ3n) is 3.56. The van der Waals surface area contributed by atoms with Gasteiger partial charge in [-0.05, 0) is 5.56 Å². The number of imidazole rings is 1. The number of hydrogen-bond acceptors (Lipinski definition) is 6. The number of rotatable bonds is 6. The van der Waals surface area contributed by atoms with Gasteiger partial charge in [-0.15, -0.1) is 0 Å². The number of nitrogens with two attached hydrogens (primary N) is 1. The van der Waals surface area contributed by atoms with Crippen LogP contribution in [-0.2, 0) is 5.75 Å². The summed E-state index contributed by atoms with van der Waals surface area (Å²) < 4.78 is 0. The van der Waals surface area contributed by atoms with Gasteiger partial charge in [-0.25, -0.2) is 9.98 Å². The van der Waals surface area contributed by atoms with Crippen molar-refractivity contribution in [3.8, 4) is 0 Å². The van der Waals surface area contributed by atoms with Crippen molar-refractivity contribution in [1.29, 1.82) is 0 Å². The summed E-state index contributed by atoms with van der Waals surface area (Å²) in [5.41, 5.74) is 7.89. The molecule has 2 aromatic rings. The molecule has 6 N–H and O–H groups in total. The van der Waals surface area contributed by atoms with E-state index in [9.17, 15) is 5.11 Å². The van der Waals surface area contributed by atoms with Gasteiger partial charge in [0, 0.05) is 5.75 Å². The number of β-amino-alcohol motifs (C(OH)–C–C–N with tert-alkyl or cyclic N) is 1. The molecule has 1 aliphatic heterocycles. The number of nitrogens with one attached hydrogen (secondary N) is 2. The third kappa shape index (κ3) is 3.66. The number of aliphatic imine (C=N–C) groups is 1.